The van der Waals surface area contributed by atoms with Gasteiger partial charge in [-0.05, 0) is 41.8 Å². The number of hydrogen-bond acceptors (Lipinski definition) is 2. The lowest BCUT2D eigenvalue weighted by Gasteiger charge is -2.23. The lowest BCUT2D eigenvalue weighted by atomic mass is 10.1. The van der Waals surface area contributed by atoms with E-state index in [4.69, 9.17) is 11.6 Å². The minimum atomic E-state index is -0.105. The average Bonchev–Trinajstić information content (AvgIpc) is 2.72. The maximum Gasteiger partial charge on any atom is 0.318 e. The molecule has 0 spiro atoms. The molecule has 0 atom stereocenters. The minimum absolute atomic E-state index is 0.105. The summed E-state index contributed by atoms with van der Waals surface area (Å²) >= 11 is 5.91. The van der Waals surface area contributed by atoms with Crippen molar-refractivity contribution in [2.75, 3.05) is 6.54 Å². The van der Waals surface area contributed by atoms with E-state index in [1.165, 1.54) is 5.56 Å². The van der Waals surface area contributed by atoms with Crippen LogP contribution in [0.15, 0.2) is 79.0 Å². The van der Waals surface area contributed by atoms with E-state index in [1.54, 1.807) is 11.1 Å². The number of hydrogen-bond donors (Lipinski definition) is 1. The number of urea groups is 1. The SMILES string of the molecule is O=C(NCc1ccc(Cl)cc1)N(CCc1ccccc1)Cc1ccccn1. The van der Waals surface area contributed by atoms with Crippen molar-refractivity contribution in [1.29, 1.82) is 0 Å². The average molecular weight is 380 g/mol. The zero-order valence-corrected chi connectivity index (χ0v) is 15.8. The number of carbonyl (C=O) groups excluding carboxylic acids is 1. The number of pyridine rings is 1. The Hall–Kier alpha value is -2.85. The standard InChI is InChI=1S/C22H22ClN3O/c23-20-11-9-19(10-12-20)16-25-22(27)26(17-21-8-4-5-14-24-21)15-13-18-6-2-1-3-7-18/h1-12,14H,13,15-17H2,(H,25,27). The molecule has 3 aromatic rings. The summed E-state index contributed by atoms with van der Waals surface area (Å²) in [5.41, 5.74) is 3.08. The zero-order chi connectivity index (χ0) is 18.9. The Bertz CT molecular complexity index is 838. The fourth-order valence-electron chi connectivity index (χ4n) is 2.74. The smallest absolute Gasteiger partial charge is 0.318 e. The fraction of sp³-hybridized carbons (Fsp3) is 0.182. The van der Waals surface area contributed by atoms with Gasteiger partial charge in [-0.15, -0.1) is 0 Å². The molecule has 0 bridgehead atoms. The molecule has 27 heavy (non-hydrogen) atoms. The number of nitrogens with one attached hydrogen (secondary N) is 1. The van der Waals surface area contributed by atoms with Crippen LogP contribution in [0.1, 0.15) is 16.8 Å². The summed E-state index contributed by atoms with van der Waals surface area (Å²) in [5, 5.41) is 3.68. The van der Waals surface area contributed by atoms with E-state index < -0.39 is 0 Å². The fourth-order valence-corrected chi connectivity index (χ4v) is 2.87. The third-order valence-electron chi connectivity index (χ3n) is 4.24. The van der Waals surface area contributed by atoms with E-state index in [0.29, 0.717) is 24.7 Å². The van der Waals surface area contributed by atoms with Gasteiger partial charge < -0.3 is 10.2 Å². The number of halogens is 1. The van der Waals surface area contributed by atoms with E-state index in [2.05, 4.69) is 22.4 Å². The van der Waals surface area contributed by atoms with Crippen LogP contribution in [0.4, 0.5) is 4.79 Å². The quantitative estimate of drug-likeness (QED) is 0.647. The predicted octanol–water partition coefficient (Wildman–Crippen LogP) is 4.69. The monoisotopic (exact) mass is 379 g/mol. The van der Waals surface area contributed by atoms with E-state index in [1.807, 2.05) is 60.7 Å². The molecule has 0 unspecified atom stereocenters. The first-order valence-corrected chi connectivity index (χ1v) is 9.29. The summed E-state index contributed by atoms with van der Waals surface area (Å²) in [6.07, 6.45) is 2.54. The molecular formula is C22H22ClN3O. The Morgan fingerprint density at radius 2 is 1.67 bits per heavy atom. The number of aromatic nitrogens is 1. The van der Waals surface area contributed by atoms with Gasteiger partial charge in [-0.2, -0.15) is 0 Å². The Balaban J connectivity index is 1.63. The van der Waals surface area contributed by atoms with Crippen LogP contribution in [-0.4, -0.2) is 22.5 Å². The largest absolute Gasteiger partial charge is 0.334 e. The molecule has 4 nitrogen and oxygen atoms in total. The number of nitrogens with zero attached hydrogens (tertiary/aromatic N) is 2. The van der Waals surface area contributed by atoms with Crippen molar-refractivity contribution in [3.05, 3.63) is 101 Å². The second-order valence-electron chi connectivity index (χ2n) is 6.26. The molecular weight excluding hydrogens is 358 g/mol. The van der Waals surface area contributed by atoms with E-state index in [9.17, 15) is 4.79 Å². The molecule has 138 valence electrons. The molecule has 3 rings (SSSR count). The van der Waals surface area contributed by atoms with Gasteiger partial charge in [0, 0.05) is 24.3 Å². The van der Waals surface area contributed by atoms with Gasteiger partial charge in [-0.25, -0.2) is 4.79 Å². The number of carbonyl (C=O) groups is 1. The van der Waals surface area contributed by atoms with Crippen molar-refractivity contribution in [3.63, 3.8) is 0 Å². The Kier molecular flexibility index (Phi) is 6.83. The maximum atomic E-state index is 12.8. The van der Waals surface area contributed by atoms with Crippen molar-refractivity contribution in [1.82, 2.24) is 15.2 Å². The highest BCUT2D eigenvalue weighted by atomic mass is 35.5. The van der Waals surface area contributed by atoms with Crippen LogP contribution >= 0.6 is 11.6 Å². The van der Waals surface area contributed by atoms with E-state index in [0.717, 1.165) is 17.7 Å². The van der Waals surface area contributed by atoms with Crippen LogP contribution in [0.3, 0.4) is 0 Å². The normalized spacial score (nSPS) is 10.4. The zero-order valence-electron chi connectivity index (χ0n) is 15.0. The molecule has 0 aliphatic heterocycles. The predicted molar refractivity (Wildman–Crippen MR) is 108 cm³/mol. The molecule has 0 aliphatic carbocycles. The summed E-state index contributed by atoms with van der Waals surface area (Å²) in [6.45, 7) is 1.55. The van der Waals surface area contributed by atoms with Gasteiger partial charge >= 0.3 is 6.03 Å². The lowest BCUT2D eigenvalue weighted by Crippen LogP contribution is -2.40. The highest BCUT2D eigenvalue weighted by Crippen LogP contribution is 2.10. The molecule has 0 saturated heterocycles. The van der Waals surface area contributed by atoms with Gasteiger partial charge in [-0.1, -0.05) is 60.1 Å². The minimum Gasteiger partial charge on any atom is -0.334 e. The van der Waals surface area contributed by atoms with Crippen molar-refractivity contribution in [2.45, 2.75) is 19.5 Å². The first kappa shape index (κ1) is 18.9. The van der Waals surface area contributed by atoms with Crippen LogP contribution in [-0.2, 0) is 19.5 Å². The summed E-state index contributed by atoms with van der Waals surface area (Å²) in [6, 6.07) is 23.3. The number of amides is 2. The molecule has 0 aliphatic rings. The van der Waals surface area contributed by atoms with Crippen LogP contribution in [0.5, 0.6) is 0 Å². The Labute approximate surface area is 164 Å². The number of rotatable bonds is 7. The van der Waals surface area contributed by atoms with Crippen LogP contribution in [0, 0.1) is 0 Å². The van der Waals surface area contributed by atoms with E-state index in [-0.39, 0.29) is 6.03 Å². The molecule has 5 heteroatoms. The van der Waals surface area contributed by atoms with Crippen LogP contribution < -0.4 is 5.32 Å². The van der Waals surface area contributed by atoms with E-state index >= 15 is 0 Å². The van der Waals surface area contributed by atoms with Crippen molar-refractivity contribution < 1.29 is 4.79 Å². The first-order valence-electron chi connectivity index (χ1n) is 8.92. The lowest BCUT2D eigenvalue weighted by molar-refractivity contribution is 0.194. The summed E-state index contributed by atoms with van der Waals surface area (Å²) < 4.78 is 0. The molecule has 0 fully saturated rings. The van der Waals surface area contributed by atoms with Crippen molar-refractivity contribution >= 4 is 17.6 Å². The molecule has 1 N–H and O–H groups in total. The van der Waals surface area contributed by atoms with Gasteiger partial charge in [-0.3, -0.25) is 4.98 Å². The maximum absolute atomic E-state index is 12.8. The highest BCUT2D eigenvalue weighted by Gasteiger charge is 2.14. The van der Waals surface area contributed by atoms with Crippen molar-refractivity contribution in [2.24, 2.45) is 0 Å². The highest BCUT2D eigenvalue weighted by molar-refractivity contribution is 6.30. The summed E-state index contributed by atoms with van der Waals surface area (Å²) in [5.74, 6) is 0. The molecule has 0 radical (unpaired) electrons. The first-order chi connectivity index (χ1) is 13.2. The molecule has 1 aromatic heterocycles. The second kappa shape index (κ2) is 9.74. The summed E-state index contributed by atoms with van der Waals surface area (Å²) in [7, 11) is 0. The van der Waals surface area contributed by atoms with Crippen LogP contribution in [0.25, 0.3) is 0 Å². The molecule has 1 heterocycles. The van der Waals surface area contributed by atoms with Gasteiger partial charge in [0.05, 0.1) is 12.2 Å². The molecule has 0 saturated carbocycles. The summed E-state index contributed by atoms with van der Waals surface area (Å²) in [4.78, 5) is 18.9. The molecule has 2 aromatic carbocycles. The van der Waals surface area contributed by atoms with Gasteiger partial charge in [0.25, 0.3) is 0 Å². The second-order valence-corrected chi connectivity index (χ2v) is 6.70. The van der Waals surface area contributed by atoms with Crippen LogP contribution in [0.2, 0.25) is 5.02 Å². The van der Waals surface area contributed by atoms with Gasteiger partial charge in [0.2, 0.25) is 0 Å². The third kappa shape index (κ3) is 6.12. The Morgan fingerprint density at radius 3 is 2.37 bits per heavy atom. The Morgan fingerprint density at radius 1 is 0.926 bits per heavy atom. The van der Waals surface area contributed by atoms with Gasteiger partial charge in [0.1, 0.15) is 0 Å². The molecule has 2 amide bonds. The number of benzene rings is 2. The van der Waals surface area contributed by atoms with Crippen molar-refractivity contribution in [3.8, 4) is 0 Å². The topological polar surface area (TPSA) is 45.2 Å². The third-order valence-corrected chi connectivity index (χ3v) is 4.49. The van der Waals surface area contributed by atoms with Gasteiger partial charge in [0.15, 0.2) is 0 Å².